The van der Waals surface area contributed by atoms with Crippen molar-refractivity contribution in [3.8, 4) is 5.75 Å². The van der Waals surface area contributed by atoms with Crippen LogP contribution in [-0.2, 0) is 5.75 Å². The van der Waals surface area contributed by atoms with Crippen molar-refractivity contribution in [1.82, 2.24) is 4.90 Å². The van der Waals surface area contributed by atoms with Crippen LogP contribution in [0.15, 0.2) is 12.1 Å². The lowest BCUT2D eigenvalue weighted by molar-refractivity contribution is 0.466. The maximum absolute atomic E-state index is 9.90. The van der Waals surface area contributed by atoms with E-state index in [4.69, 9.17) is 12.2 Å². The van der Waals surface area contributed by atoms with Gasteiger partial charge in [-0.2, -0.15) is 0 Å². The number of phenolic OH excluding ortho intramolecular Hbond substituents is 1. The molecular weight excluding hydrogens is 238 g/mol. The maximum atomic E-state index is 9.90. The molecule has 1 aromatic carbocycles. The van der Waals surface area contributed by atoms with Gasteiger partial charge in [0.1, 0.15) is 10.1 Å². The van der Waals surface area contributed by atoms with E-state index in [2.05, 4.69) is 0 Å². The Morgan fingerprint density at radius 3 is 2.56 bits per heavy atom. The molecule has 0 aromatic heterocycles. The summed E-state index contributed by atoms with van der Waals surface area (Å²) >= 11 is 6.76. The van der Waals surface area contributed by atoms with E-state index in [9.17, 15) is 5.11 Å². The van der Waals surface area contributed by atoms with Crippen molar-refractivity contribution in [3.63, 3.8) is 0 Å². The highest BCUT2D eigenvalue weighted by Crippen LogP contribution is 2.28. The molecule has 0 atom stereocenters. The first-order valence-electron chi connectivity index (χ1n) is 5.05. The summed E-state index contributed by atoms with van der Waals surface area (Å²) in [6.07, 6.45) is 0. The van der Waals surface area contributed by atoms with E-state index in [1.165, 1.54) is 5.56 Å². The molecule has 0 heterocycles. The molecule has 1 N–H and O–H groups in total. The number of aryl methyl sites for hydroxylation is 2. The van der Waals surface area contributed by atoms with Gasteiger partial charge < -0.3 is 10.0 Å². The summed E-state index contributed by atoms with van der Waals surface area (Å²) in [5.41, 5.74) is 3.04. The number of aromatic hydroxyl groups is 1. The zero-order valence-electron chi connectivity index (χ0n) is 10.1. The number of benzene rings is 1. The summed E-state index contributed by atoms with van der Waals surface area (Å²) < 4.78 is 0.832. The van der Waals surface area contributed by atoms with Gasteiger partial charge in [0.15, 0.2) is 0 Å². The second kappa shape index (κ2) is 5.55. The number of hydrogen-bond acceptors (Lipinski definition) is 3. The number of hydrogen-bond donors (Lipinski definition) is 1. The first kappa shape index (κ1) is 13.3. The zero-order chi connectivity index (χ0) is 12.3. The highest BCUT2D eigenvalue weighted by molar-refractivity contribution is 8.22. The Bertz CT molecular complexity index is 402. The first-order chi connectivity index (χ1) is 7.41. The molecule has 2 nitrogen and oxygen atoms in total. The van der Waals surface area contributed by atoms with Crippen molar-refractivity contribution in [1.29, 1.82) is 0 Å². The second-order valence-electron chi connectivity index (χ2n) is 4.04. The van der Waals surface area contributed by atoms with Crippen molar-refractivity contribution in [2.45, 2.75) is 19.6 Å². The summed E-state index contributed by atoms with van der Waals surface area (Å²) in [6, 6.07) is 3.99. The highest BCUT2D eigenvalue weighted by atomic mass is 32.2. The van der Waals surface area contributed by atoms with Gasteiger partial charge in [-0.3, -0.25) is 0 Å². The lowest BCUT2D eigenvalue weighted by Crippen LogP contribution is -2.16. The number of thioether (sulfide) groups is 1. The Labute approximate surface area is 107 Å². The molecule has 1 rings (SSSR count). The van der Waals surface area contributed by atoms with Gasteiger partial charge in [-0.15, -0.1) is 0 Å². The van der Waals surface area contributed by atoms with Gasteiger partial charge in [0.05, 0.1) is 0 Å². The molecular formula is C12H17NOS2. The van der Waals surface area contributed by atoms with E-state index in [-0.39, 0.29) is 0 Å². The van der Waals surface area contributed by atoms with Crippen LogP contribution in [0.3, 0.4) is 0 Å². The van der Waals surface area contributed by atoms with Gasteiger partial charge in [-0.25, -0.2) is 0 Å². The summed E-state index contributed by atoms with van der Waals surface area (Å²) in [5.74, 6) is 1.10. The third kappa shape index (κ3) is 3.39. The minimum Gasteiger partial charge on any atom is -0.507 e. The van der Waals surface area contributed by atoms with Crippen LogP contribution in [0.2, 0.25) is 0 Å². The standard InChI is InChI=1S/C12H17NOS2/c1-8-5-9(2)11(14)10(6-8)7-16-12(15)13(3)4/h5-6,14H,7H2,1-4H3. The van der Waals surface area contributed by atoms with E-state index in [0.29, 0.717) is 11.5 Å². The molecule has 88 valence electrons. The minimum absolute atomic E-state index is 0.389. The molecule has 0 amide bonds. The Morgan fingerprint density at radius 1 is 1.38 bits per heavy atom. The third-order valence-electron chi connectivity index (χ3n) is 2.24. The van der Waals surface area contributed by atoms with E-state index in [1.54, 1.807) is 11.8 Å². The lowest BCUT2D eigenvalue weighted by atomic mass is 10.1. The van der Waals surface area contributed by atoms with Gasteiger partial charge in [0.2, 0.25) is 0 Å². The van der Waals surface area contributed by atoms with Gasteiger partial charge in [0, 0.05) is 25.4 Å². The summed E-state index contributed by atoms with van der Waals surface area (Å²) in [6.45, 7) is 3.95. The molecule has 0 spiro atoms. The molecule has 0 aliphatic heterocycles. The molecule has 0 aliphatic carbocycles. The van der Waals surface area contributed by atoms with Crippen LogP contribution >= 0.6 is 24.0 Å². The third-order valence-corrected chi connectivity index (χ3v) is 4.03. The Balaban J connectivity index is 2.78. The van der Waals surface area contributed by atoms with Crippen LogP contribution in [-0.4, -0.2) is 28.4 Å². The van der Waals surface area contributed by atoms with Crippen LogP contribution < -0.4 is 0 Å². The van der Waals surface area contributed by atoms with Crippen molar-refractivity contribution in [2.24, 2.45) is 0 Å². The van der Waals surface area contributed by atoms with E-state index >= 15 is 0 Å². The normalized spacial score (nSPS) is 10.2. The maximum Gasteiger partial charge on any atom is 0.136 e. The SMILES string of the molecule is Cc1cc(C)c(O)c(CSC(=S)N(C)C)c1. The molecule has 4 heteroatoms. The molecule has 0 saturated carbocycles. The van der Waals surface area contributed by atoms with Crippen molar-refractivity contribution in [2.75, 3.05) is 14.1 Å². The van der Waals surface area contributed by atoms with Gasteiger partial charge in [0.25, 0.3) is 0 Å². The monoisotopic (exact) mass is 255 g/mol. The van der Waals surface area contributed by atoms with E-state index in [1.807, 2.05) is 45.0 Å². The van der Waals surface area contributed by atoms with Crippen molar-refractivity contribution >= 4 is 28.3 Å². The van der Waals surface area contributed by atoms with Crippen molar-refractivity contribution in [3.05, 3.63) is 28.8 Å². The molecule has 0 bridgehead atoms. The molecule has 0 saturated heterocycles. The fourth-order valence-electron chi connectivity index (χ4n) is 1.43. The molecule has 0 fully saturated rings. The topological polar surface area (TPSA) is 23.5 Å². The molecule has 1 aromatic rings. The van der Waals surface area contributed by atoms with Crippen LogP contribution in [0.25, 0.3) is 0 Å². The zero-order valence-corrected chi connectivity index (χ0v) is 11.7. The molecule has 0 aliphatic rings. The quantitative estimate of drug-likeness (QED) is 0.820. The smallest absolute Gasteiger partial charge is 0.136 e. The summed E-state index contributed by atoms with van der Waals surface area (Å²) in [4.78, 5) is 1.90. The predicted octanol–water partition coefficient (Wildman–Crippen LogP) is 3.09. The Hall–Kier alpha value is -0.740. The van der Waals surface area contributed by atoms with E-state index in [0.717, 1.165) is 15.4 Å². The van der Waals surface area contributed by atoms with Crippen molar-refractivity contribution < 1.29 is 5.11 Å². The number of thiocarbonyl (C=S) groups is 1. The fourth-order valence-corrected chi connectivity index (χ4v) is 2.36. The van der Waals surface area contributed by atoms with Crippen LogP contribution in [0.1, 0.15) is 16.7 Å². The number of rotatable bonds is 2. The van der Waals surface area contributed by atoms with Gasteiger partial charge in [-0.05, 0) is 19.4 Å². The Morgan fingerprint density at radius 2 is 2.00 bits per heavy atom. The fraction of sp³-hybridized carbons (Fsp3) is 0.417. The van der Waals surface area contributed by atoms with Crippen LogP contribution in [0, 0.1) is 13.8 Å². The molecule has 16 heavy (non-hydrogen) atoms. The van der Waals surface area contributed by atoms with E-state index < -0.39 is 0 Å². The lowest BCUT2D eigenvalue weighted by Gasteiger charge is -2.14. The summed E-state index contributed by atoms with van der Waals surface area (Å²) in [7, 11) is 3.85. The highest BCUT2D eigenvalue weighted by Gasteiger charge is 2.07. The largest absolute Gasteiger partial charge is 0.507 e. The van der Waals surface area contributed by atoms with Gasteiger partial charge in [-0.1, -0.05) is 41.7 Å². The second-order valence-corrected chi connectivity index (χ2v) is 5.65. The van der Waals surface area contributed by atoms with Crippen LogP contribution in [0.4, 0.5) is 0 Å². The number of nitrogens with zero attached hydrogens (tertiary/aromatic N) is 1. The average molecular weight is 255 g/mol. The van der Waals surface area contributed by atoms with Crippen LogP contribution in [0.5, 0.6) is 5.75 Å². The first-order valence-corrected chi connectivity index (χ1v) is 6.44. The molecule has 0 radical (unpaired) electrons. The molecule has 0 unspecified atom stereocenters. The number of phenols is 1. The minimum atomic E-state index is 0.389. The van der Waals surface area contributed by atoms with Gasteiger partial charge >= 0.3 is 0 Å². The average Bonchev–Trinajstić information content (AvgIpc) is 2.20. The Kier molecular flexibility index (Phi) is 4.62. The predicted molar refractivity (Wildman–Crippen MR) is 75.2 cm³/mol. The summed E-state index contributed by atoms with van der Waals surface area (Å²) in [5, 5.41) is 9.90.